The number of hydrogen-bond donors (Lipinski definition) is 0. The molecule has 6 heteroatoms. The fourth-order valence-electron chi connectivity index (χ4n) is 5.34. The Bertz CT molecular complexity index is 1440. The quantitative estimate of drug-likeness (QED) is 0.166. The summed E-state index contributed by atoms with van der Waals surface area (Å²) in [5, 5.41) is 0. The standard InChI is InChI=1S/C34H41N3O3/c1-5-6-14-32-35-29-20-19-27(36-21-10-7-11-22-36)23-30(29)37(32)24-25-15-17-26(18-16-25)28-12-8-9-13-31(28)39-33(38)40-34(2,3)4/h8-9,12-13,15-20,23H,5-7,10-11,14,21-22,24H2,1-4H3. The number of ether oxygens (including phenoxy) is 2. The minimum absolute atomic E-state index is 0.484. The first-order chi connectivity index (χ1) is 19.3. The average Bonchev–Trinajstić information content (AvgIpc) is 3.28. The number of rotatable bonds is 8. The van der Waals surface area contributed by atoms with Crippen LogP contribution in [0.2, 0.25) is 0 Å². The number of fused-ring (bicyclic) bond motifs is 1. The molecule has 3 aromatic carbocycles. The van der Waals surface area contributed by atoms with Gasteiger partial charge in [0, 0.05) is 37.3 Å². The van der Waals surface area contributed by atoms with Crippen molar-refractivity contribution in [3.05, 3.63) is 78.1 Å². The zero-order valence-electron chi connectivity index (χ0n) is 24.3. The van der Waals surface area contributed by atoms with Crippen molar-refractivity contribution in [1.29, 1.82) is 0 Å². The molecule has 0 unspecified atom stereocenters. The van der Waals surface area contributed by atoms with Crippen molar-refractivity contribution in [2.45, 2.75) is 78.4 Å². The van der Waals surface area contributed by atoms with Crippen molar-refractivity contribution >= 4 is 22.9 Å². The Kier molecular flexibility index (Phi) is 8.43. The zero-order valence-corrected chi connectivity index (χ0v) is 24.3. The predicted octanol–water partition coefficient (Wildman–Crippen LogP) is 8.40. The highest BCUT2D eigenvalue weighted by atomic mass is 16.7. The minimum atomic E-state index is -0.702. The lowest BCUT2D eigenvalue weighted by molar-refractivity contribution is 0.0207. The summed E-state index contributed by atoms with van der Waals surface area (Å²) in [6.07, 6.45) is 6.38. The van der Waals surface area contributed by atoms with Crippen LogP contribution in [-0.4, -0.2) is 34.4 Å². The summed E-state index contributed by atoms with van der Waals surface area (Å²) in [6.45, 7) is 10.7. The number of carbonyl (C=O) groups is 1. The number of aromatic nitrogens is 2. The van der Waals surface area contributed by atoms with E-state index in [1.54, 1.807) is 6.07 Å². The van der Waals surface area contributed by atoms with E-state index in [1.165, 1.54) is 36.0 Å². The van der Waals surface area contributed by atoms with Crippen molar-refractivity contribution < 1.29 is 14.3 Å². The summed E-state index contributed by atoms with van der Waals surface area (Å²) >= 11 is 0. The molecule has 40 heavy (non-hydrogen) atoms. The van der Waals surface area contributed by atoms with Crippen molar-refractivity contribution in [1.82, 2.24) is 9.55 Å². The van der Waals surface area contributed by atoms with Gasteiger partial charge in [-0.25, -0.2) is 9.78 Å². The van der Waals surface area contributed by atoms with E-state index < -0.39 is 11.8 Å². The number of unbranched alkanes of at least 4 members (excludes halogenated alkanes) is 1. The minimum Gasteiger partial charge on any atom is -0.428 e. The van der Waals surface area contributed by atoms with Gasteiger partial charge in [0.05, 0.1) is 11.0 Å². The van der Waals surface area contributed by atoms with Gasteiger partial charge in [-0.2, -0.15) is 0 Å². The number of hydrogen-bond acceptors (Lipinski definition) is 5. The molecular formula is C34H41N3O3. The van der Waals surface area contributed by atoms with E-state index in [0.29, 0.717) is 5.75 Å². The number of carbonyl (C=O) groups excluding carboxylic acids is 1. The molecule has 5 rings (SSSR count). The lowest BCUT2D eigenvalue weighted by atomic mass is 10.0. The monoisotopic (exact) mass is 539 g/mol. The van der Waals surface area contributed by atoms with Crippen molar-refractivity contribution in [3.8, 4) is 16.9 Å². The topological polar surface area (TPSA) is 56.6 Å². The van der Waals surface area contributed by atoms with Gasteiger partial charge in [-0.1, -0.05) is 55.8 Å². The second kappa shape index (κ2) is 12.2. The number of piperidine rings is 1. The van der Waals surface area contributed by atoms with Crippen LogP contribution in [0.5, 0.6) is 5.75 Å². The fraction of sp³-hybridized carbons (Fsp3) is 0.412. The molecule has 0 spiro atoms. The molecule has 1 fully saturated rings. The number of anilines is 1. The van der Waals surface area contributed by atoms with E-state index in [1.807, 2.05) is 39.0 Å². The molecule has 1 aliphatic heterocycles. The molecule has 0 radical (unpaired) electrons. The van der Waals surface area contributed by atoms with Gasteiger partial charge in [0.15, 0.2) is 0 Å². The third-order valence-corrected chi connectivity index (χ3v) is 7.36. The molecule has 0 aliphatic carbocycles. The maximum absolute atomic E-state index is 12.3. The summed E-state index contributed by atoms with van der Waals surface area (Å²) in [5.41, 5.74) is 5.99. The van der Waals surface area contributed by atoms with Crippen LogP contribution in [0.1, 0.15) is 71.2 Å². The number of benzene rings is 3. The van der Waals surface area contributed by atoms with E-state index in [9.17, 15) is 4.79 Å². The van der Waals surface area contributed by atoms with Gasteiger partial charge in [-0.3, -0.25) is 0 Å². The summed E-state index contributed by atoms with van der Waals surface area (Å²) in [6, 6.07) is 22.8. The van der Waals surface area contributed by atoms with E-state index in [4.69, 9.17) is 14.5 Å². The highest BCUT2D eigenvalue weighted by Gasteiger charge is 2.20. The molecule has 4 aromatic rings. The number of imidazole rings is 1. The maximum atomic E-state index is 12.3. The van der Waals surface area contributed by atoms with Crippen LogP contribution in [-0.2, 0) is 17.7 Å². The second-order valence-electron chi connectivity index (χ2n) is 11.7. The van der Waals surface area contributed by atoms with Crippen LogP contribution in [0.25, 0.3) is 22.2 Å². The lowest BCUT2D eigenvalue weighted by Crippen LogP contribution is -2.29. The third kappa shape index (κ3) is 6.67. The van der Waals surface area contributed by atoms with Gasteiger partial charge in [0.2, 0.25) is 0 Å². The summed E-state index contributed by atoms with van der Waals surface area (Å²) < 4.78 is 13.3. The van der Waals surface area contributed by atoms with Gasteiger partial charge in [-0.15, -0.1) is 0 Å². The molecule has 1 saturated heterocycles. The molecule has 0 N–H and O–H groups in total. The third-order valence-electron chi connectivity index (χ3n) is 7.36. The molecule has 1 aromatic heterocycles. The van der Waals surface area contributed by atoms with Crippen molar-refractivity contribution in [3.63, 3.8) is 0 Å². The molecule has 2 heterocycles. The first-order valence-corrected chi connectivity index (χ1v) is 14.6. The molecule has 0 atom stereocenters. The predicted molar refractivity (Wildman–Crippen MR) is 162 cm³/mol. The molecular weight excluding hydrogens is 498 g/mol. The number of aryl methyl sites for hydroxylation is 1. The molecule has 0 amide bonds. The van der Waals surface area contributed by atoms with Gasteiger partial charge in [0.25, 0.3) is 0 Å². The van der Waals surface area contributed by atoms with Crippen LogP contribution in [0.4, 0.5) is 10.5 Å². The average molecular weight is 540 g/mol. The van der Waals surface area contributed by atoms with Gasteiger partial charge >= 0.3 is 6.16 Å². The highest BCUT2D eigenvalue weighted by Crippen LogP contribution is 2.32. The van der Waals surface area contributed by atoms with E-state index in [2.05, 4.69) is 58.9 Å². The van der Waals surface area contributed by atoms with Gasteiger partial charge in [-0.05, 0) is 81.8 Å². The number of nitrogens with zero attached hydrogens (tertiary/aromatic N) is 3. The highest BCUT2D eigenvalue weighted by molar-refractivity contribution is 5.81. The van der Waals surface area contributed by atoms with Crippen LogP contribution >= 0.6 is 0 Å². The normalized spacial score (nSPS) is 13.9. The Labute approximate surface area is 237 Å². The Morgan fingerprint density at radius 3 is 2.42 bits per heavy atom. The van der Waals surface area contributed by atoms with Crippen LogP contribution in [0, 0.1) is 0 Å². The Balaban J connectivity index is 1.41. The van der Waals surface area contributed by atoms with E-state index in [-0.39, 0.29) is 0 Å². The van der Waals surface area contributed by atoms with Crippen molar-refractivity contribution in [2.24, 2.45) is 0 Å². The summed E-state index contributed by atoms with van der Waals surface area (Å²) in [7, 11) is 0. The fourth-order valence-corrected chi connectivity index (χ4v) is 5.34. The van der Waals surface area contributed by atoms with Gasteiger partial charge < -0.3 is 18.9 Å². The van der Waals surface area contributed by atoms with Crippen LogP contribution in [0.3, 0.4) is 0 Å². The second-order valence-corrected chi connectivity index (χ2v) is 11.7. The molecule has 6 nitrogen and oxygen atoms in total. The van der Waals surface area contributed by atoms with E-state index >= 15 is 0 Å². The van der Waals surface area contributed by atoms with Crippen LogP contribution < -0.4 is 9.64 Å². The smallest absolute Gasteiger partial charge is 0.428 e. The first kappa shape index (κ1) is 27.8. The van der Waals surface area contributed by atoms with Crippen LogP contribution in [0.15, 0.2) is 66.7 Å². The molecule has 1 aliphatic rings. The van der Waals surface area contributed by atoms with E-state index in [0.717, 1.165) is 61.4 Å². The molecule has 0 bridgehead atoms. The number of para-hydroxylation sites is 1. The summed E-state index contributed by atoms with van der Waals surface area (Å²) in [5.74, 6) is 1.63. The van der Waals surface area contributed by atoms with Gasteiger partial charge in [0.1, 0.15) is 17.2 Å². The summed E-state index contributed by atoms with van der Waals surface area (Å²) in [4.78, 5) is 19.9. The molecule has 210 valence electrons. The zero-order chi connectivity index (χ0) is 28.1. The molecule has 0 saturated carbocycles. The Morgan fingerprint density at radius 2 is 1.70 bits per heavy atom. The SMILES string of the molecule is CCCCc1nc2ccc(N3CCCCC3)cc2n1Cc1ccc(-c2ccccc2OC(=O)OC(C)(C)C)cc1. The Morgan fingerprint density at radius 1 is 0.950 bits per heavy atom. The Hall–Kier alpha value is -3.80. The largest absolute Gasteiger partial charge is 0.514 e. The maximum Gasteiger partial charge on any atom is 0.514 e. The first-order valence-electron chi connectivity index (χ1n) is 14.6. The lowest BCUT2D eigenvalue weighted by Gasteiger charge is -2.28. The van der Waals surface area contributed by atoms with Crippen molar-refractivity contribution in [2.75, 3.05) is 18.0 Å².